The molecule has 1 aliphatic heterocycles. The first-order valence-corrected chi connectivity index (χ1v) is 11.3. The Bertz CT molecular complexity index is 153. The molecule has 0 aromatic heterocycles. The van der Waals surface area contributed by atoms with Crippen LogP contribution in [0.1, 0.15) is 40.5 Å². The topological polar surface area (TPSA) is 0 Å². The van der Waals surface area contributed by atoms with E-state index in [9.17, 15) is 0 Å². The van der Waals surface area contributed by atoms with Gasteiger partial charge in [-0.3, -0.25) is 0 Å². The Hall–Kier alpha value is 1.75. The Morgan fingerprint density at radius 3 is 1.47 bits per heavy atom. The molecule has 0 radical (unpaired) electrons. The van der Waals surface area contributed by atoms with E-state index in [1.807, 2.05) is 9.83 Å². The van der Waals surface area contributed by atoms with Gasteiger partial charge in [0, 0.05) is 0 Å². The van der Waals surface area contributed by atoms with Crippen molar-refractivity contribution in [3.05, 3.63) is 0 Å². The second-order valence-electron chi connectivity index (χ2n) is 4.57. The van der Waals surface area contributed by atoms with E-state index in [4.69, 9.17) is 0 Å². The molecule has 5 heteroatoms. The van der Waals surface area contributed by atoms with Crippen LogP contribution in [0.25, 0.3) is 0 Å². The molecule has 0 saturated carbocycles. The molecule has 2 atom stereocenters. The van der Waals surface area contributed by atoms with E-state index < -0.39 is 0 Å². The van der Waals surface area contributed by atoms with Crippen molar-refractivity contribution < 1.29 is 0 Å². The van der Waals surface area contributed by atoms with E-state index in [-0.39, 0.29) is 0 Å². The van der Waals surface area contributed by atoms with Crippen LogP contribution in [-0.2, 0) is 0 Å². The van der Waals surface area contributed by atoms with E-state index >= 15 is 0 Å². The summed E-state index contributed by atoms with van der Waals surface area (Å²) in [6.45, 7) is 9.28. The molecule has 0 N–H and O–H groups in total. The molecule has 0 aromatic rings. The molecular formula is C10H20S5. The van der Waals surface area contributed by atoms with Gasteiger partial charge in [-0.25, -0.2) is 0 Å². The summed E-state index contributed by atoms with van der Waals surface area (Å²) >= 11 is 0. The minimum absolute atomic E-state index is 0.782. The molecule has 1 rings (SSSR count). The van der Waals surface area contributed by atoms with Gasteiger partial charge in [0.05, 0.1) is 9.16 Å². The van der Waals surface area contributed by atoms with Crippen LogP contribution in [0, 0.1) is 11.8 Å². The summed E-state index contributed by atoms with van der Waals surface area (Å²) in [5.74, 6) is 1.64. The number of rotatable bonds is 4. The van der Waals surface area contributed by atoms with Crippen LogP contribution in [0.3, 0.4) is 0 Å². The van der Waals surface area contributed by atoms with Crippen LogP contribution in [0.15, 0.2) is 0 Å². The molecule has 0 nitrogen and oxygen atoms in total. The number of hydrogen-bond acceptors (Lipinski definition) is 5. The zero-order valence-corrected chi connectivity index (χ0v) is 13.8. The van der Waals surface area contributed by atoms with Crippen molar-refractivity contribution in [2.24, 2.45) is 11.8 Å². The van der Waals surface area contributed by atoms with Crippen LogP contribution < -0.4 is 0 Å². The molecule has 15 heavy (non-hydrogen) atoms. The average Bonchev–Trinajstić information content (AvgIpc) is 2.29. The first kappa shape index (κ1) is 14.8. The molecule has 1 heterocycles. The van der Waals surface area contributed by atoms with Gasteiger partial charge in [0.25, 0.3) is 0 Å². The van der Waals surface area contributed by atoms with Gasteiger partial charge in [-0.15, -0.1) is 0 Å². The summed E-state index contributed by atoms with van der Waals surface area (Å²) in [4.78, 5) is 0. The molecule has 0 aromatic carbocycles. The normalized spacial score (nSPS) is 28.4. The van der Waals surface area contributed by atoms with Crippen molar-refractivity contribution >= 4 is 53.0 Å². The van der Waals surface area contributed by atoms with Gasteiger partial charge in [0.15, 0.2) is 0 Å². The summed E-state index contributed by atoms with van der Waals surface area (Å²) in [6, 6.07) is 0. The second-order valence-corrected chi connectivity index (χ2v) is 12.3. The van der Waals surface area contributed by atoms with Crippen molar-refractivity contribution in [1.29, 1.82) is 0 Å². The van der Waals surface area contributed by atoms with E-state index in [0.717, 1.165) is 21.0 Å². The van der Waals surface area contributed by atoms with Crippen LogP contribution in [-0.4, -0.2) is 9.16 Å². The maximum Gasteiger partial charge on any atom is 0.0720 e. The molecule has 0 aliphatic carbocycles. The third-order valence-electron chi connectivity index (χ3n) is 1.89. The molecule has 0 spiro atoms. The summed E-state index contributed by atoms with van der Waals surface area (Å²) in [5, 5.41) is 0. The van der Waals surface area contributed by atoms with Crippen LogP contribution >= 0.6 is 53.0 Å². The lowest BCUT2D eigenvalue weighted by Gasteiger charge is -2.15. The molecular weight excluding hydrogens is 280 g/mol. The van der Waals surface area contributed by atoms with Gasteiger partial charge in [-0.2, -0.15) is 0 Å². The predicted molar refractivity (Wildman–Crippen MR) is 84.4 cm³/mol. The average molecular weight is 301 g/mol. The largest absolute Gasteiger partial charge is 0.0776 e. The highest BCUT2D eigenvalue weighted by atomic mass is 33.5. The van der Waals surface area contributed by atoms with Crippen molar-refractivity contribution in [3.8, 4) is 0 Å². The Labute approximate surface area is 114 Å². The van der Waals surface area contributed by atoms with Gasteiger partial charge >= 0.3 is 0 Å². The third kappa shape index (κ3) is 6.92. The minimum Gasteiger partial charge on any atom is -0.0776 e. The van der Waals surface area contributed by atoms with Gasteiger partial charge in [0.2, 0.25) is 0 Å². The van der Waals surface area contributed by atoms with E-state index in [1.54, 1.807) is 0 Å². The predicted octanol–water partition coefficient (Wildman–Crippen LogP) is 6.16. The lowest BCUT2D eigenvalue weighted by atomic mass is 10.2. The van der Waals surface area contributed by atoms with Crippen molar-refractivity contribution in [2.45, 2.75) is 49.7 Å². The van der Waals surface area contributed by atoms with Crippen LogP contribution in [0.4, 0.5) is 0 Å². The highest BCUT2D eigenvalue weighted by Gasteiger charge is 2.23. The maximum atomic E-state index is 2.32. The lowest BCUT2D eigenvalue weighted by molar-refractivity contribution is 0.620. The zero-order valence-electron chi connectivity index (χ0n) is 9.76. The van der Waals surface area contributed by atoms with E-state index in [2.05, 4.69) is 70.9 Å². The molecule has 1 fully saturated rings. The smallest absolute Gasteiger partial charge is 0.0720 e. The van der Waals surface area contributed by atoms with Gasteiger partial charge in [0.1, 0.15) is 0 Å². The fourth-order valence-electron chi connectivity index (χ4n) is 1.19. The van der Waals surface area contributed by atoms with Gasteiger partial charge in [-0.05, 0) is 34.5 Å². The SMILES string of the molecule is CC(C)CC1SSSC(CC(C)C)SS1. The quantitative estimate of drug-likeness (QED) is 0.569. The summed E-state index contributed by atoms with van der Waals surface area (Å²) in [5.41, 5.74) is 0. The highest BCUT2D eigenvalue weighted by molar-refractivity contribution is 9.13. The fraction of sp³-hybridized carbons (Fsp3) is 1.00. The van der Waals surface area contributed by atoms with E-state index in [1.165, 1.54) is 12.8 Å². The Morgan fingerprint density at radius 1 is 0.733 bits per heavy atom. The van der Waals surface area contributed by atoms with Crippen molar-refractivity contribution in [2.75, 3.05) is 0 Å². The van der Waals surface area contributed by atoms with E-state index in [0.29, 0.717) is 0 Å². The zero-order chi connectivity index (χ0) is 11.3. The lowest BCUT2D eigenvalue weighted by Crippen LogP contribution is -2.00. The standard InChI is InChI=1S/C10H20S5/c1-7(2)5-9-11-12-10(6-8(3)4)14-15-13-9/h7-10H,5-6H2,1-4H3. The van der Waals surface area contributed by atoms with Crippen LogP contribution in [0.5, 0.6) is 0 Å². The monoisotopic (exact) mass is 300 g/mol. The Morgan fingerprint density at radius 2 is 1.13 bits per heavy atom. The summed E-state index contributed by atoms with van der Waals surface area (Å²) < 4.78 is 1.56. The van der Waals surface area contributed by atoms with Gasteiger partial charge in [-0.1, -0.05) is 70.9 Å². The molecule has 1 aliphatic rings. The second kappa shape index (κ2) is 7.96. The molecule has 1 saturated heterocycles. The fourth-order valence-corrected chi connectivity index (χ4v) is 13.0. The summed E-state index contributed by atoms with van der Waals surface area (Å²) in [6.07, 6.45) is 2.68. The molecule has 2 unspecified atom stereocenters. The maximum absolute atomic E-state index is 2.32. The van der Waals surface area contributed by atoms with Crippen molar-refractivity contribution in [1.82, 2.24) is 0 Å². The number of hydrogen-bond donors (Lipinski definition) is 0. The molecule has 90 valence electrons. The highest BCUT2D eigenvalue weighted by Crippen LogP contribution is 2.57. The first-order chi connectivity index (χ1) is 7.08. The molecule has 0 bridgehead atoms. The summed E-state index contributed by atoms with van der Waals surface area (Å²) in [7, 11) is 10.3. The minimum atomic E-state index is 0.782. The Balaban J connectivity index is 2.28. The van der Waals surface area contributed by atoms with Crippen LogP contribution in [0.2, 0.25) is 0 Å². The third-order valence-corrected chi connectivity index (χ3v) is 11.4. The first-order valence-electron chi connectivity index (χ1n) is 5.39. The molecule has 0 amide bonds. The van der Waals surface area contributed by atoms with Gasteiger partial charge < -0.3 is 0 Å². The Kier molecular flexibility index (Phi) is 7.86. The van der Waals surface area contributed by atoms with Crippen molar-refractivity contribution in [3.63, 3.8) is 0 Å².